The van der Waals surface area contributed by atoms with Gasteiger partial charge >= 0.3 is 14.3 Å². The van der Waals surface area contributed by atoms with E-state index in [1.165, 1.54) is 16.8 Å². The van der Waals surface area contributed by atoms with Gasteiger partial charge in [-0.25, -0.2) is 9.36 Å². The van der Waals surface area contributed by atoms with Gasteiger partial charge in [0.05, 0.1) is 6.61 Å². The molecule has 0 aliphatic carbocycles. The van der Waals surface area contributed by atoms with Gasteiger partial charge in [-0.2, -0.15) is 0 Å². The van der Waals surface area contributed by atoms with Crippen LogP contribution in [-0.2, 0) is 13.6 Å². The van der Waals surface area contributed by atoms with E-state index in [1.807, 2.05) is 6.92 Å². The fourth-order valence-electron chi connectivity index (χ4n) is 4.13. The zero-order chi connectivity index (χ0) is 19.5. The highest BCUT2D eigenvalue weighted by Gasteiger charge is 2.63. The predicted molar refractivity (Wildman–Crippen MR) is 101 cm³/mol. The lowest BCUT2D eigenvalue weighted by molar-refractivity contribution is -0.0446. The lowest BCUT2D eigenvalue weighted by atomic mass is 10.1. The van der Waals surface area contributed by atoms with E-state index < -0.39 is 19.8 Å². The van der Waals surface area contributed by atoms with Crippen LogP contribution >= 0.6 is 0 Å². The van der Waals surface area contributed by atoms with Crippen LogP contribution in [0.1, 0.15) is 48.5 Å². The Kier molecular flexibility index (Phi) is 4.37. The largest absolute Gasteiger partial charge is 0.470 e. The molecular weight excluding hydrogens is 352 g/mol. The minimum Gasteiger partial charge on any atom is -0.470 e. The Bertz CT molecular complexity index is 842. The summed E-state index contributed by atoms with van der Waals surface area (Å²) in [7, 11) is -2.63. The van der Waals surface area contributed by atoms with Gasteiger partial charge in [0, 0.05) is 27.9 Å². The average molecular weight is 381 g/mol. The molecule has 26 heavy (non-hydrogen) atoms. The minimum absolute atomic E-state index is 0.131. The van der Waals surface area contributed by atoms with Crippen LogP contribution in [0, 0.1) is 0 Å². The number of hydrogen-bond donors (Lipinski definition) is 1. The molecule has 3 rings (SSSR count). The van der Waals surface area contributed by atoms with Gasteiger partial charge in [0.2, 0.25) is 5.88 Å². The molecule has 2 unspecified atom stereocenters. The Balaban J connectivity index is 2.04. The zero-order valence-electron chi connectivity index (χ0n) is 16.5. The van der Waals surface area contributed by atoms with E-state index in [4.69, 9.17) is 13.6 Å². The van der Waals surface area contributed by atoms with Crippen molar-refractivity contribution in [1.29, 1.82) is 0 Å². The highest BCUT2D eigenvalue weighted by molar-refractivity contribution is 6.73. The second-order valence-electron chi connectivity index (χ2n) is 9.09. The molecule has 2 aliphatic rings. The van der Waals surface area contributed by atoms with Crippen molar-refractivity contribution in [2.24, 2.45) is 0 Å². The van der Waals surface area contributed by atoms with Crippen molar-refractivity contribution in [3.63, 3.8) is 0 Å². The van der Waals surface area contributed by atoms with Crippen LogP contribution in [0.4, 0.5) is 0 Å². The van der Waals surface area contributed by atoms with E-state index in [2.05, 4.69) is 46.5 Å². The summed E-state index contributed by atoms with van der Waals surface area (Å²) < 4.78 is 20.4. The SMILES string of the molecule is CC1=C(n2ccc(=O)[nH]c2=O)OC2CO[Si](C(C)(C)C)(C(C)(C)C)OC12. The van der Waals surface area contributed by atoms with Gasteiger partial charge in [-0.15, -0.1) is 0 Å². The van der Waals surface area contributed by atoms with Gasteiger partial charge in [0.1, 0.15) is 6.10 Å². The smallest absolute Gasteiger partial charge is 0.350 e. The molecule has 0 saturated carbocycles. The molecule has 144 valence electrons. The van der Waals surface area contributed by atoms with Crippen LogP contribution in [0.25, 0.3) is 5.88 Å². The number of hydrogen-bond acceptors (Lipinski definition) is 5. The number of rotatable bonds is 1. The summed E-state index contributed by atoms with van der Waals surface area (Å²) in [5.41, 5.74) is -0.120. The molecule has 1 fully saturated rings. The lowest BCUT2D eigenvalue weighted by Gasteiger charge is -2.53. The van der Waals surface area contributed by atoms with Gasteiger partial charge in [0.15, 0.2) is 6.10 Å². The number of ether oxygens (including phenoxy) is 1. The Morgan fingerprint density at radius 1 is 1.15 bits per heavy atom. The van der Waals surface area contributed by atoms with Gasteiger partial charge in [-0.1, -0.05) is 41.5 Å². The van der Waals surface area contributed by atoms with Gasteiger partial charge < -0.3 is 13.6 Å². The van der Waals surface area contributed by atoms with Crippen molar-refractivity contribution in [3.8, 4) is 0 Å². The maximum Gasteiger partial charge on any atom is 0.350 e. The number of aromatic nitrogens is 2. The van der Waals surface area contributed by atoms with E-state index in [0.717, 1.165) is 5.57 Å². The second-order valence-corrected chi connectivity index (χ2v) is 13.8. The van der Waals surface area contributed by atoms with Crippen molar-refractivity contribution in [2.45, 2.75) is 70.8 Å². The Hall–Kier alpha value is -1.64. The summed E-state index contributed by atoms with van der Waals surface area (Å²) in [5.74, 6) is 0.414. The number of H-pyrrole nitrogens is 1. The van der Waals surface area contributed by atoms with E-state index in [1.54, 1.807) is 0 Å². The third-order valence-electron chi connectivity index (χ3n) is 5.13. The molecule has 0 spiro atoms. The second kappa shape index (κ2) is 5.93. The molecule has 8 heteroatoms. The van der Waals surface area contributed by atoms with Gasteiger partial charge in [-0.05, 0) is 6.92 Å². The van der Waals surface area contributed by atoms with E-state index in [0.29, 0.717) is 12.5 Å². The predicted octanol–water partition coefficient (Wildman–Crippen LogP) is 2.58. The highest BCUT2D eigenvalue weighted by Crippen LogP contribution is 2.55. The summed E-state index contributed by atoms with van der Waals surface area (Å²) in [6.45, 7) is 15.3. The molecule has 2 aliphatic heterocycles. The van der Waals surface area contributed by atoms with Crippen LogP contribution in [-0.4, -0.2) is 36.9 Å². The number of nitrogens with one attached hydrogen (secondary N) is 1. The van der Waals surface area contributed by atoms with Crippen molar-refractivity contribution in [2.75, 3.05) is 6.61 Å². The summed E-state index contributed by atoms with van der Waals surface area (Å²) in [6, 6.07) is 1.30. The quantitative estimate of drug-likeness (QED) is 0.757. The van der Waals surface area contributed by atoms with Crippen LogP contribution in [0.2, 0.25) is 10.1 Å². The molecule has 0 bridgehead atoms. The molecule has 0 aromatic carbocycles. The third kappa shape index (κ3) is 2.80. The summed E-state index contributed by atoms with van der Waals surface area (Å²) in [6.07, 6.45) is 0.868. The molecule has 0 amide bonds. The van der Waals surface area contributed by atoms with Crippen molar-refractivity contribution in [1.82, 2.24) is 9.55 Å². The summed E-state index contributed by atoms with van der Waals surface area (Å²) >= 11 is 0. The topological polar surface area (TPSA) is 82.6 Å². The molecule has 0 radical (unpaired) electrons. The van der Waals surface area contributed by atoms with Crippen LogP contribution in [0.15, 0.2) is 27.4 Å². The van der Waals surface area contributed by atoms with E-state index in [9.17, 15) is 9.59 Å². The fraction of sp³-hybridized carbons (Fsp3) is 0.667. The molecule has 1 saturated heterocycles. The van der Waals surface area contributed by atoms with Crippen LogP contribution in [0.3, 0.4) is 0 Å². The first kappa shape index (κ1) is 19.1. The Morgan fingerprint density at radius 3 is 2.31 bits per heavy atom. The number of fused-ring (bicyclic) bond motifs is 1. The lowest BCUT2D eigenvalue weighted by Crippen LogP contribution is -2.64. The molecule has 2 atom stereocenters. The first-order valence-corrected chi connectivity index (χ1v) is 10.7. The average Bonchev–Trinajstić information content (AvgIpc) is 2.81. The summed E-state index contributed by atoms with van der Waals surface area (Å²) in [4.78, 5) is 25.7. The highest BCUT2D eigenvalue weighted by atomic mass is 28.4. The van der Waals surface area contributed by atoms with Gasteiger partial charge in [0.25, 0.3) is 5.56 Å². The van der Waals surface area contributed by atoms with Crippen molar-refractivity contribution < 1.29 is 13.6 Å². The number of aromatic amines is 1. The minimum atomic E-state index is -2.63. The third-order valence-corrected chi connectivity index (χ3v) is 10.2. The molecule has 3 heterocycles. The molecule has 1 aromatic rings. The van der Waals surface area contributed by atoms with Crippen molar-refractivity contribution >= 4 is 14.4 Å². The van der Waals surface area contributed by atoms with Crippen LogP contribution < -0.4 is 11.2 Å². The normalized spacial score (nSPS) is 25.8. The standard InChI is InChI=1S/C18H28N2O5Si/c1-11-14-12(24-15(11)20-9-8-13(21)19-16(20)22)10-23-26(25-14,17(2,3)4)18(5,6)7/h8-9,12,14H,10H2,1-7H3,(H,19,21,22). The van der Waals surface area contributed by atoms with Gasteiger partial charge in [-0.3, -0.25) is 9.78 Å². The maximum atomic E-state index is 12.2. The molecule has 1 aromatic heterocycles. The fourth-order valence-corrected chi connectivity index (χ4v) is 9.11. The van der Waals surface area contributed by atoms with Crippen LogP contribution in [0.5, 0.6) is 0 Å². The first-order valence-electron chi connectivity index (χ1n) is 8.89. The van der Waals surface area contributed by atoms with Crippen molar-refractivity contribution in [3.05, 3.63) is 38.7 Å². The number of nitrogens with zero attached hydrogens (tertiary/aromatic N) is 1. The molecular formula is C18H28N2O5Si. The first-order chi connectivity index (χ1) is 11.9. The summed E-state index contributed by atoms with van der Waals surface area (Å²) in [5, 5.41) is -0.262. The molecule has 7 nitrogen and oxygen atoms in total. The van der Waals surface area contributed by atoms with E-state index in [-0.39, 0.29) is 22.3 Å². The van der Waals surface area contributed by atoms with E-state index >= 15 is 0 Å². The Morgan fingerprint density at radius 2 is 1.77 bits per heavy atom. The maximum absolute atomic E-state index is 12.2. The Labute approximate surface area is 154 Å². The zero-order valence-corrected chi connectivity index (χ0v) is 17.5. The monoisotopic (exact) mass is 380 g/mol. The molecule has 1 N–H and O–H groups in total.